The van der Waals surface area contributed by atoms with Gasteiger partial charge in [0.15, 0.2) is 6.79 Å². The van der Waals surface area contributed by atoms with Crippen LogP contribution in [0.1, 0.15) is 15.2 Å². The standard InChI is InChI=1S/C24H19N3O5S2/c1-30-16-3-2-4-17(10-16)34(31-14-32-34)23-18-6-5-15(9-21(18)33-22(23)24(28)29)12-27-13-26-19-7-8-25-11-20(19)27/h2-11,13H,12,14H2,1H3,(H,28,29). The van der Waals surface area contributed by atoms with Crippen LogP contribution in [0, 0.1) is 0 Å². The molecule has 1 aliphatic heterocycles. The first-order valence-electron chi connectivity index (χ1n) is 10.4. The Hall–Kier alpha value is -3.44. The Bertz CT molecular complexity index is 1560. The molecule has 172 valence electrons. The zero-order valence-electron chi connectivity index (χ0n) is 18.0. The molecule has 34 heavy (non-hydrogen) atoms. The van der Waals surface area contributed by atoms with Gasteiger partial charge in [-0.1, -0.05) is 18.2 Å². The van der Waals surface area contributed by atoms with Gasteiger partial charge in [-0.25, -0.2) is 18.1 Å². The zero-order valence-corrected chi connectivity index (χ0v) is 19.6. The molecular formula is C24H19N3O5S2. The largest absolute Gasteiger partial charge is 0.497 e. The number of carboxylic acids is 1. The number of carboxylic acid groups (broad SMARTS) is 1. The van der Waals surface area contributed by atoms with Gasteiger partial charge in [0.05, 0.1) is 40.5 Å². The highest BCUT2D eigenvalue weighted by Crippen LogP contribution is 2.72. The number of hydrogen-bond acceptors (Lipinski definition) is 7. The third-order valence-corrected chi connectivity index (χ3v) is 9.69. The third-order valence-electron chi connectivity index (χ3n) is 5.73. The summed E-state index contributed by atoms with van der Waals surface area (Å²) in [5.74, 6) is -0.345. The van der Waals surface area contributed by atoms with Crippen molar-refractivity contribution in [1.82, 2.24) is 14.5 Å². The van der Waals surface area contributed by atoms with Gasteiger partial charge in [0.1, 0.15) is 10.6 Å². The van der Waals surface area contributed by atoms with E-state index in [2.05, 4.69) is 9.97 Å². The van der Waals surface area contributed by atoms with Crippen LogP contribution in [0.25, 0.3) is 21.1 Å². The van der Waals surface area contributed by atoms with E-state index in [9.17, 15) is 9.90 Å². The number of methoxy groups -OCH3 is 1. The molecule has 0 amide bonds. The Morgan fingerprint density at radius 1 is 1.24 bits per heavy atom. The maximum Gasteiger partial charge on any atom is 0.347 e. The van der Waals surface area contributed by atoms with Gasteiger partial charge in [-0.3, -0.25) is 4.98 Å². The minimum Gasteiger partial charge on any atom is -0.497 e. The van der Waals surface area contributed by atoms with Crippen molar-refractivity contribution in [2.45, 2.75) is 16.3 Å². The predicted molar refractivity (Wildman–Crippen MR) is 130 cm³/mol. The maximum absolute atomic E-state index is 12.3. The molecule has 8 nitrogen and oxygen atoms in total. The van der Waals surface area contributed by atoms with Crippen molar-refractivity contribution in [3.8, 4) is 5.75 Å². The number of benzene rings is 2. The molecule has 6 rings (SSSR count). The summed E-state index contributed by atoms with van der Waals surface area (Å²) >= 11 is 1.24. The molecule has 0 aliphatic carbocycles. The summed E-state index contributed by atoms with van der Waals surface area (Å²) in [6.07, 6.45) is 5.30. The van der Waals surface area contributed by atoms with Crippen LogP contribution in [-0.4, -0.2) is 39.5 Å². The Balaban J connectivity index is 1.47. The normalized spacial score (nSPS) is 15.8. The number of fused-ring (bicyclic) bond motifs is 2. The predicted octanol–water partition coefficient (Wildman–Crippen LogP) is 5.46. The van der Waals surface area contributed by atoms with Gasteiger partial charge in [0.2, 0.25) is 0 Å². The fraction of sp³-hybridized carbons (Fsp3) is 0.125. The number of aromatic nitrogens is 3. The van der Waals surface area contributed by atoms with Crippen LogP contribution in [0.15, 0.2) is 77.0 Å². The van der Waals surface area contributed by atoms with E-state index in [1.807, 2.05) is 53.1 Å². The van der Waals surface area contributed by atoms with Crippen LogP contribution in [0.5, 0.6) is 5.75 Å². The first-order chi connectivity index (χ1) is 16.6. The number of pyridine rings is 1. The van der Waals surface area contributed by atoms with Crippen molar-refractivity contribution in [2.24, 2.45) is 0 Å². The molecule has 10 heteroatoms. The molecule has 0 unspecified atom stereocenters. The van der Waals surface area contributed by atoms with Crippen LogP contribution in [0.4, 0.5) is 0 Å². The van der Waals surface area contributed by atoms with Crippen LogP contribution in [0.3, 0.4) is 0 Å². The fourth-order valence-corrected chi connectivity index (χ4v) is 8.01. The molecule has 4 heterocycles. The SMILES string of the molecule is COc1cccc(S2(c3c(C(=O)O)sc4cc(Cn5cnc6ccncc65)ccc34)OCO2)c1. The first-order valence-corrected chi connectivity index (χ1v) is 12.7. The highest BCUT2D eigenvalue weighted by Gasteiger charge is 2.41. The van der Waals surface area contributed by atoms with E-state index < -0.39 is 16.6 Å². The van der Waals surface area contributed by atoms with Gasteiger partial charge in [0, 0.05) is 28.9 Å². The lowest BCUT2D eigenvalue weighted by Crippen LogP contribution is -2.23. The topological polar surface area (TPSA) is 95.7 Å². The molecule has 0 bridgehead atoms. The van der Waals surface area contributed by atoms with Gasteiger partial charge < -0.3 is 14.4 Å². The van der Waals surface area contributed by atoms with E-state index in [-0.39, 0.29) is 11.7 Å². The van der Waals surface area contributed by atoms with Gasteiger partial charge in [-0.15, -0.1) is 21.9 Å². The second-order valence-electron chi connectivity index (χ2n) is 7.67. The Labute approximate surface area is 200 Å². The summed E-state index contributed by atoms with van der Waals surface area (Å²) in [6.45, 7) is 0.706. The molecular weight excluding hydrogens is 474 g/mol. The Kier molecular flexibility index (Phi) is 5.03. The van der Waals surface area contributed by atoms with Crippen molar-refractivity contribution in [3.05, 3.63) is 77.7 Å². The van der Waals surface area contributed by atoms with Crippen molar-refractivity contribution in [3.63, 3.8) is 0 Å². The molecule has 3 aromatic heterocycles. The van der Waals surface area contributed by atoms with E-state index in [0.29, 0.717) is 17.2 Å². The molecule has 1 N–H and O–H groups in total. The number of hydrogen-bond donors (Lipinski definition) is 1. The molecule has 1 fully saturated rings. The number of thiophene rings is 1. The molecule has 0 atom stereocenters. The average Bonchev–Trinajstić information content (AvgIpc) is 3.41. The second-order valence-corrected chi connectivity index (χ2v) is 11.1. The van der Waals surface area contributed by atoms with Crippen LogP contribution >= 0.6 is 21.9 Å². The van der Waals surface area contributed by atoms with E-state index >= 15 is 0 Å². The lowest BCUT2D eigenvalue weighted by molar-refractivity contribution is 0.0455. The summed E-state index contributed by atoms with van der Waals surface area (Å²) in [7, 11) is -0.820. The molecule has 1 saturated heterocycles. The minimum absolute atomic E-state index is 0.114. The first kappa shape index (κ1) is 21.1. The van der Waals surface area contributed by atoms with E-state index in [1.54, 1.807) is 25.8 Å². The molecule has 2 aromatic carbocycles. The van der Waals surface area contributed by atoms with Crippen molar-refractivity contribution in [2.75, 3.05) is 13.9 Å². The highest BCUT2D eigenvalue weighted by atomic mass is 32.3. The van der Waals surface area contributed by atoms with E-state index in [0.717, 1.165) is 31.6 Å². The number of rotatable bonds is 6. The third kappa shape index (κ3) is 3.26. The number of aromatic carboxylic acids is 1. The van der Waals surface area contributed by atoms with Crippen molar-refractivity contribution < 1.29 is 23.0 Å². The van der Waals surface area contributed by atoms with Crippen molar-refractivity contribution >= 4 is 49.0 Å². The highest BCUT2D eigenvalue weighted by molar-refractivity contribution is 8.27. The quantitative estimate of drug-likeness (QED) is 0.336. The summed E-state index contributed by atoms with van der Waals surface area (Å²) < 4.78 is 20.3. The van der Waals surface area contributed by atoms with Gasteiger partial charge in [0.25, 0.3) is 0 Å². The average molecular weight is 494 g/mol. The Morgan fingerprint density at radius 3 is 2.88 bits per heavy atom. The van der Waals surface area contributed by atoms with Crippen LogP contribution in [0.2, 0.25) is 0 Å². The van der Waals surface area contributed by atoms with E-state index in [1.165, 1.54) is 11.3 Å². The number of carbonyl (C=O) groups is 1. The maximum atomic E-state index is 12.3. The Morgan fingerprint density at radius 2 is 2.12 bits per heavy atom. The molecule has 5 aromatic rings. The second kappa shape index (κ2) is 8.10. The minimum atomic E-state index is -2.41. The number of ether oxygens (including phenoxy) is 1. The van der Waals surface area contributed by atoms with Crippen LogP contribution in [-0.2, 0) is 14.9 Å². The summed E-state index contributed by atoms with van der Waals surface area (Å²) in [4.78, 5) is 22.5. The summed E-state index contributed by atoms with van der Waals surface area (Å²) in [6, 6.07) is 15.3. The van der Waals surface area contributed by atoms with Crippen molar-refractivity contribution in [1.29, 1.82) is 0 Å². The lowest BCUT2D eigenvalue weighted by Gasteiger charge is -2.49. The molecule has 0 radical (unpaired) electrons. The molecule has 1 aliphatic rings. The smallest absolute Gasteiger partial charge is 0.347 e. The number of nitrogens with zero attached hydrogens (tertiary/aromatic N) is 3. The zero-order chi connectivity index (χ0) is 23.3. The molecule has 0 spiro atoms. The van der Waals surface area contributed by atoms with Gasteiger partial charge >= 0.3 is 5.97 Å². The van der Waals surface area contributed by atoms with Gasteiger partial charge in [-0.05, 0) is 29.8 Å². The van der Waals surface area contributed by atoms with Crippen LogP contribution < -0.4 is 4.74 Å². The molecule has 0 saturated carbocycles. The summed E-state index contributed by atoms with van der Waals surface area (Å²) in [5.41, 5.74) is 2.85. The summed E-state index contributed by atoms with van der Waals surface area (Å²) in [5, 5.41) is 10.9. The monoisotopic (exact) mass is 493 g/mol. The van der Waals surface area contributed by atoms with Gasteiger partial charge in [-0.2, -0.15) is 0 Å². The van der Waals surface area contributed by atoms with E-state index in [4.69, 9.17) is 13.1 Å². The lowest BCUT2D eigenvalue weighted by atomic mass is 10.1. The number of imidazole rings is 1. The fourth-order valence-electron chi connectivity index (χ4n) is 4.13.